The lowest BCUT2D eigenvalue weighted by Gasteiger charge is -2.42. The van der Waals surface area contributed by atoms with E-state index in [0.29, 0.717) is 18.1 Å². The number of rotatable bonds is 1. The van der Waals surface area contributed by atoms with Gasteiger partial charge in [0.25, 0.3) is 0 Å². The van der Waals surface area contributed by atoms with Crippen molar-refractivity contribution in [1.29, 1.82) is 0 Å². The van der Waals surface area contributed by atoms with E-state index in [9.17, 15) is 4.79 Å². The first-order chi connectivity index (χ1) is 13.0. The Hall–Kier alpha value is -2.42. The Morgan fingerprint density at radius 3 is 2.85 bits per heavy atom. The second-order valence-corrected chi connectivity index (χ2v) is 9.06. The molecule has 1 aromatic heterocycles. The number of pyridine rings is 1. The van der Waals surface area contributed by atoms with Crippen molar-refractivity contribution in [3.8, 4) is 0 Å². The van der Waals surface area contributed by atoms with E-state index in [1.165, 1.54) is 16.8 Å². The van der Waals surface area contributed by atoms with Crippen LogP contribution in [0.2, 0.25) is 0 Å². The van der Waals surface area contributed by atoms with E-state index in [1.54, 1.807) is 0 Å². The van der Waals surface area contributed by atoms with E-state index in [1.807, 2.05) is 12.3 Å². The summed E-state index contributed by atoms with van der Waals surface area (Å²) in [5.41, 5.74) is 5.70. The van der Waals surface area contributed by atoms with Gasteiger partial charge in [0.05, 0.1) is 11.6 Å². The molecule has 2 aliphatic carbocycles. The summed E-state index contributed by atoms with van der Waals surface area (Å²) < 4.78 is 0. The van der Waals surface area contributed by atoms with E-state index >= 15 is 0 Å². The molecular weight excluding hydrogens is 332 g/mol. The van der Waals surface area contributed by atoms with Crippen LogP contribution in [-0.4, -0.2) is 16.8 Å². The Morgan fingerprint density at radius 1 is 1.15 bits per heavy atom. The molecule has 1 aliphatic heterocycles. The minimum atomic E-state index is 0.00587. The number of carbonyl (C=O) groups is 1. The van der Waals surface area contributed by atoms with Crippen LogP contribution in [0.4, 0.5) is 5.69 Å². The van der Waals surface area contributed by atoms with Crippen LogP contribution in [0.15, 0.2) is 48.2 Å². The molecule has 0 spiro atoms. The Balaban J connectivity index is 1.75. The summed E-state index contributed by atoms with van der Waals surface area (Å²) in [7, 11) is 0. The number of Topliss-reactive ketones (excluding diaryl/α,β-unsaturated/α-hetero) is 1. The highest BCUT2D eigenvalue weighted by Crippen LogP contribution is 2.50. The van der Waals surface area contributed by atoms with Crippen LogP contribution < -0.4 is 5.32 Å². The summed E-state index contributed by atoms with van der Waals surface area (Å²) in [4.78, 5) is 17.9. The number of allylic oxidation sites excluding steroid dienone is 3. The topological polar surface area (TPSA) is 42.0 Å². The lowest BCUT2D eigenvalue weighted by Crippen LogP contribution is -2.41. The number of ketones is 1. The Kier molecular flexibility index (Phi) is 3.75. The second-order valence-electron chi connectivity index (χ2n) is 9.06. The van der Waals surface area contributed by atoms with E-state index in [4.69, 9.17) is 0 Å². The molecule has 0 saturated heterocycles. The summed E-state index contributed by atoms with van der Waals surface area (Å²) >= 11 is 0. The third-order valence-corrected chi connectivity index (χ3v) is 6.41. The van der Waals surface area contributed by atoms with Crippen molar-refractivity contribution in [3.05, 3.63) is 53.8 Å². The molecule has 2 aromatic rings. The molecule has 2 heterocycles. The lowest BCUT2D eigenvalue weighted by molar-refractivity contribution is -0.118. The van der Waals surface area contributed by atoms with Crippen LogP contribution >= 0.6 is 0 Å². The van der Waals surface area contributed by atoms with Gasteiger partial charge in [-0.15, -0.1) is 0 Å². The Labute approximate surface area is 160 Å². The van der Waals surface area contributed by atoms with Crippen molar-refractivity contribution >= 4 is 27.9 Å². The van der Waals surface area contributed by atoms with Gasteiger partial charge in [-0.05, 0) is 60.8 Å². The van der Waals surface area contributed by atoms with Gasteiger partial charge >= 0.3 is 0 Å². The zero-order valence-electron chi connectivity index (χ0n) is 16.1. The SMILES string of the molecule is CC1(C)CC(=O)C2=C(C1)c1c(ccc3ncccc13)NC2C1CC=CCC1. The molecular formula is C24H26N2O. The van der Waals surface area contributed by atoms with Crippen molar-refractivity contribution in [2.24, 2.45) is 11.3 Å². The van der Waals surface area contributed by atoms with Gasteiger partial charge in [0.15, 0.2) is 5.78 Å². The summed E-state index contributed by atoms with van der Waals surface area (Å²) in [6.45, 7) is 4.44. The molecule has 0 radical (unpaired) electrons. The first-order valence-electron chi connectivity index (χ1n) is 10.1. The Morgan fingerprint density at radius 2 is 2.04 bits per heavy atom. The predicted molar refractivity (Wildman–Crippen MR) is 111 cm³/mol. The molecule has 3 heteroatoms. The summed E-state index contributed by atoms with van der Waals surface area (Å²) in [5, 5.41) is 4.93. The predicted octanol–water partition coefficient (Wildman–Crippen LogP) is 5.53. The van der Waals surface area contributed by atoms with Crippen molar-refractivity contribution in [3.63, 3.8) is 0 Å². The maximum absolute atomic E-state index is 13.3. The van der Waals surface area contributed by atoms with Crippen LogP contribution in [0.1, 0.15) is 51.5 Å². The Bertz CT molecular complexity index is 999. The summed E-state index contributed by atoms with van der Waals surface area (Å²) in [5.74, 6) is 0.822. The average Bonchev–Trinajstić information content (AvgIpc) is 2.66. The average molecular weight is 358 g/mol. The van der Waals surface area contributed by atoms with E-state index < -0.39 is 0 Å². The highest BCUT2D eigenvalue weighted by molar-refractivity contribution is 6.12. The monoisotopic (exact) mass is 358 g/mol. The largest absolute Gasteiger partial charge is 0.377 e. The molecule has 5 rings (SSSR count). The molecule has 1 N–H and O–H groups in total. The van der Waals surface area contributed by atoms with E-state index in [-0.39, 0.29) is 11.5 Å². The maximum Gasteiger partial charge on any atom is 0.161 e. The molecule has 27 heavy (non-hydrogen) atoms. The molecule has 0 fully saturated rings. The zero-order chi connectivity index (χ0) is 18.6. The van der Waals surface area contributed by atoms with Gasteiger partial charge in [0.2, 0.25) is 0 Å². The lowest BCUT2D eigenvalue weighted by atomic mass is 9.66. The molecule has 0 amide bonds. The van der Waals surface area contributed by atoms with Crippen molar-refractivity contribution in [1.82, 2.24) is 4.98 Å². The minimum Gasteiger partial charge on any atom is -0.377 e. The number of carbonyl (C=O) groups excluding carboxylic acids is 1. The first-order valence-corrected chi connectivity index (χ1v) is 10.1. The number of nitrogens with zero attached hydrogens (tertiary/aromatic N) is 1. The molecule has 2 atom stereocenters. The zero-order valence-corrected chi connectivity index (χ0v) is 16.1. The standard InChI is InChI=1S/C24H26N2O/c1-24(2)13-17-21-16-9-6-12-25-18(16)10-11-19(21)26-23(22(17)20(27)14-24)15-7-4-3-5-8-15/h3-4,6,9-12,15,23,26H,5,7-8,13-14H2,1-2H3. The number of fused-ring (bicyclic) bond motifs is 4. The van der Waals surface area contributed by atoms with Crippen molar-refractivity contribution < 1.29 is 4.79 Å². The number of aromatic nitrogens is 1. The van der Waals surface area contributed by atoms with Gasteiger partial charge in [0, 0.05) is 34.8 Å². The fourth-order valence-corrected chi connectivity index (χ4v) is 5.23. The molecule has 3 aliphatic rings. The maximum atomic E-state index is 13.3. The van der Waals surface area contributed by atoms with Crippen molar-refractivity contribution in [2.75, 3.05) is 5.32 Å². The molecule has 3 nitrogen and oxygen atoms in total. The van der Waals surface area contributed by atoms with Gasteiger partial charge in [-0.2, -0.15) is 0 Å². The molecule has 2 unspecified atom stereocenters. The molecule has 0 bridgehead atoms. The van der Waals surface area contributed by atoms with E-state index in [2.05, 4.69) is 54.5 Å². The van der Waals surface area contributed by atoms with Gasteiger partial charge in [0.1, 0.15) is 0 Å². The second kappa shape index (κ2) is 6.05. The number of benzene rings is 1. The minimum absolute atomic E-state index is 0.00587. The van der Waals surface area contributed by atoms with E-state index in [0.717, 1.165) is 42.2 Å². The molecule has 1 aromatic carbocycles. The van der Waals surface area contributed by atoms with Crippen LogP contribution in [0.25, 0.3) is 16.5 Å². The van der Waals surface area contributed by atoms with Crippen molar-refractivity contribution in [2.45, 2.75) is 52.0 Å². The molecule has 138 valence electrons. The van der Waals surface area contributed by atoms with Crippen LogP contribution in [-0.2, 0) is 4.79 Å². The smallest absolute Gasteiger partial charge is 0.161 e. The summed E-state index contributed by atoms with van der Waals surface area (Å²) in [6.07, 6.45) is 11.3. The first kappa shape index (κ1) is 16.7. The van der Waals surface area contributed by atoms with Gasteiger partial charge in [-0.1, -0.05) is 32.1 Å². The van der Waals surface area contributed by atoms with Crippen LogP contribution in [0.5, 0.6) is 0 Å². The molecule has 0 saturated carbocycles. The fourth-order valence-electron chi connectivity index (χ4n) is 5.23. The van der Waals surface area contributed by atoms with Crippen LogP contribution in [0.3, 0.4) is 0 Å². The fraction of sp³-hybridized carbons (Fsp3) is 0.417. The highest BCUT2D eigenvalue weighted by Gasteiger charge is 2.42. The van der Waals surface area contributed by atoms with Gasteiger partial charge in [-0.25, -0.2) is 0 Å². The normalized spacial score (nSPS) is 26.5. The number of hydrogen-bond acceptors (Lipinski definition) is 3. The number of hydrogen-bond donors (Lipinski definition) is 1. The van der Waals surface area contributed by atoms with Gasteiger partial charge < -0.3 is 5.32 Å². The third kappa shape index (κ3) is 2.72. The number of anilines is 1. The van der Waals surface area contributed by atoms with Gasteiger partial charge in [-0.3, -0.25) is 9.78 Å². The quantitative estimate of drug-likeness (QED) is 0.682. The highest BCUT2D eigenvalue weighted by atomic mass is 16.1. The summed E-state index contributed by atoms with van der Waals surface area (Å²) in [6, 6.07) is 8.53. The third-order valence-electron chi connectivity index (χ3n) is 6.41. The number of nitrogens with one attached hydrogen (secondary N) is 1. The van der Waals surface area contributed by atoms with Crippen LogP contribution in [0, 0.1) is 11.3 Å².